The van der Waals surface area contributed by atoms with Crippen molar-refractivity contribution in [2.24, 2.45) is 0 Å². The van der Waals surface area contributed by atoms with Crippen LogP contribution in [0.25, 0.3) is 0 Å². The normalized spacial score (nSPS) is 10.0. The van der Waals surface area contributed by atoms with E-state index in [4.69, 9.17) is 18.9 Å². The van der Waals surface area contributed by atoms with Gasteiger partial charge in [-0.1, -0.05) is 18.2 Å². The van der Waals surface area contributed by atoms with E-state index in [1.807, 2.05) is 0 Å². The second-order valence-corrected chi connectivity index (χ2v) is 5.84. The van der Waals surface area contributed by atoms with E-state index in [2.05, 4.69) is 5.32 Å². The van der Waals surface area contributed by atoms with Gasteiger partial charge >= 0.3 is 11.9 Å². The lowest BCUT2D eigenvalue weighted by atomic mass is 10.1. The molecule has 0 heterocycles. The highest BCUT2D eigenvalue weighted by Gasteiger charge is 2.15. The van der Waals surface area contributed by atoms with Gasteiger partial charge in [-0.05, 0) is 36.8 Å². The zero-order chi connectivity index (χ0) is 21.2. The van der Waals surface area contributed by atoms with Gasteiger partial charge in [-0.3, -0.25) is 9.59 Å². The van der Waals surface area contributed by atoms with Gasteiger partial charge in [0.1, 0.15) is 0 Å². The lowest BCUT2D eigenvalue weighted by molar-refractivity contribution is -0.146. The maximum Gasteiger partial charge on any atom is 0.340 e. The van der Waals surface area contributed by atoms with Crippen molar-refractivity contribution in [2.45, 2.75) is 13.3 Å². The van der Waals surface area contributed by atoms with Crippen molar-refractivity contribution < 1.29 is 33.3 Å². The summed E-state index contributed by atoms with van der Waals surface area (Å²) in [7, 11) is 3.02. The van der Waals surface area contributed by atoms with Gasteiger partial charge in [0.2, 0.25) is 0 Å². The summed E-state index contributed by atoms with van der Waals surface area (Å²) in [5.74, 6) is -0.655. The van der Waals surface area contributed by atoms with Gasteiger partial charge in [0, 0.05) is 0 Å². The number of nitrogens with one attached hydrogen (secondary N) is 1. The van der Waals surface area contributed by atoms with E-state index in [0.29, 0.717) is 17.1 Å². The molecular weight excluding hydrogens is 378 g/mol. The van der Waals surface area contributed by atoms with E-state index < -0.39 is 24.5 Å². The molecule has 2 aromatic rings. The Balaban J connectivity index is 1.91. The fourth-order valence-corrected chi connectivity index (χ4v) is 2.52. The minimum Gasteiger partial charge on any atom is -0.493 e. The topological polar surface area (TPSA) is 100 Å². The molecule has 2 aromatic carbocycles. The van der Waals surface area contributed by atoms with E-state index in [9.17, 15) is 14.4 Å². The van der Waals surface area contributed by atoms with Gasteiger partial charge in [-0.25, -0.2) is 4.79 Å². The predicted molar refractivity (Wildman–Crippen MR) is 105 cm³/mol. The fourth-order valence-electron chi connectivity index (χ4n) is 2.52. The Labute approximate surface area is 168 Å². The zero-order valence-electron chi connectivity index (χ0n) is 16.5. The summed E-state index contributed by atoms with van der Waals surface area (Å²) in [6.07, 6.45) is -0.0347. The SMILES string of the molecule is CCOC(=O)c1ccccc1NC(=O)COC(=O)Cc1ccc(OC)c(OC)c1. The van der Waals surface area contributed by atoms with Crippen molar-refractivity contribution in [1.82, 2.24) is 0 Å². The number of amides is 1. The molecule has 8 heteroatoms. The molecular formula is C21H23NO7. The van der Waals surface area contributed by atoms with E-state index in [1.165, 1.54) is 20.3 Å². The number of rotatable bonds is 9. The molecule has 0 aliphatic heterocycles. The van der Waals surface area contributed by atoms with E-state index >= 15 is 0 Å². The summed E-state index contributed by atoms with van der Waals surface area (Å²) < 4.78 is 20.3. The Bertz CT molecular complexity index is 879. The number of anilines is 1. The number of hydrogen-bond acceptors (Lipinski definition) is 7. The largest absolute Gasteiger partial charge is 0.493 e. The molecule has 1 amide bonds. The molecule has 0 bridgehead atoms. The van der Waals surface area contributed by atoms with Crippen LogP contribution in [0.5, 0.6) is 11.5 Å². The summed E-state index contributed by atoms with van der Waals surface area (Å²) in [5, 5.41) is 2.55. The molecule has 0 spiro atoms. The third-order valence-corrected chi connectivity index (χ3v) is 3.86. The standard InChI is InChI=1S/C21H23NO7/c1-4-28-21(25)15-7-5-6-8-16(15)22-19(23)13-29-20(24)12-14-9-10-17(26-2)18(11-14)27-3/h5-11H,4,12-13H2,1-3H3,(H,22,23). The van der Waals surface area contributed by atoms with Crippen LogP contribution in [-0.2, 0) is 25.5 Å². The molecule has 154 valence electrons. The number of carbonyl (C=O) groups is 3. The number of methoxy groups -OCH3 is 2. The number of ether oxygens (including phenoxy) is 4. The van der Waals surface area contributed by atoms with E-state index in [0.717, 1.165) is 0 Å². The van der Waals surface area contributed by atoms with Crippen LogP contribution in [0.1, 0.15) is 22.8 Å². The van der Waals surface area contributed by atoms with Crippen molar-refractivity contribution in [3.63, 3.8) is 0 Å². The maximum absolute atomic E-state index is 12.1. The average molecular weight is 401 g/mol. The molecule has 0 aromatic heterocycles. The number of hydrogen-bond donors (Lipinski definition) is 1. The second kappa shape index (κ2) is 10.7. The summed E-state index contributed by atoms with van der Waals surface area (Å²) in [6, 6.07) is 11.5. The van der Waals surface area contributed by atoms with Gasteiger partial charge in [0.15, 0.2) is 18.1 Å². The second-order valence-electron chi connectivity index (χ2n) is 5.84. The first-order valence-corrected chi connectivity index (χ1v) is 8.91. The minimum absolute atomic E-state index is 0.0347. The van der Waals surface area contributed by atoms with Crippen molar-refractivity contribution in [3.8, 4) is 11.5 Å². The van der Waals surface area contributed by atoms with Crippen LogP contribution in [0.4, 0.5) is 5.69 Å². The van der Waals surface area contributed by atoms with Crippen LogP contribution < -0.4 is 14.8 Å². The molecule has 0 aliphatic rings. The Hall–Kier alpha value is -3.55. The molecule has 0 atom stereocenters. The molecule has 0 saturated carbocycles. The highest BCUT2D eigenvalue weighted by Crippen LogP contribution is 2.27. The molecule has 0 fully saturated rings. The average Bonchev–Trinajstić information content (AvgIpc) is 2.72. The van der Waals surface area contributed by atoms with E-state index in [1.54, 1.807) is 43.3 Å². The monoisotopic (exact) mass is 401 g/mol. The lowest BCUT2D eigenvalue weighted by Crippen LogP contribution is -2.23. The third-order valence-electron chi connectivity index (χ3n) is 3.86. The molecule has 0 saturated heterocycles. The highest BCUT2D eigenvalue weighted by molar-refractivity contribution is 6.01. The van der Waals surface area contributed by atoms with Gasteiger partial charge in [-0.2, -0.15) is 0 Å². The van der Waals surface area contributed by atoms with Crippen LogP contribution in [-0.4, -0.2) is 45.3 Å². The summed E-state index contributed by atoms with van der Waals surface area (Å²) in [5.41, 5.74) is 1.16. The van der Waals surface area contributed by atoms with Gasteiger partial charge < -0.3 is 24.3 Å². The van der Waals surface area contributed by atoms with Crippen molar-refractivity contribution in [2.75, 3.05) is 32.8 Å². The van der Waals surface area contributed by atoms with Crippen molar-refractivity contribution >= 4 is 23.5 Å². The summed E-state index contributed by atoms with van der Waals surface area (Å²) >= 11 is 0. The van der Waals surface area contributed by atoms with Gasteiger partial charge in [0.25, 0.3) is 5.91 Å². The fraction of sp³-hybridized carbons (Fsp3) is 0.286. The van der Waals surface area contributed by atoms with E-state index in [-0.39, 0.29) is 24.3 Å². The molecule has 2 rings (SSSR count). The molecule has 0 aliphatic carbocycles. The van der Waals surface area contributed by atoms with Crippen LogP contribution in [0.3, 0.4) is 0 Å². The Kier molecular flexibility index (Phi) is 8.02. The number of para-hydroxylation sites is 1. The summed E-state index contributed by atoms with van der Waals surface area (Å²) in [6.45, 7) is 1.43. The molecule has 8 nitrogen and oxygen atoms in total. The smallest absolute Gasteiger partial charge is 0.340 e. The Morgan fingerprint density at radius 1 is 0.931 bits per heavy atom. The summed E-state index contributed by atoms with van der Waals surface area (Å²) in [4.78, 5) is 36.1. The highest BCUT2D eigenvalue weighted by atomic mass is 16.5. The quantitative estimate of drug-likeness (QED) is 0.645. The first kappa shape index (κ1) is 21.7. The van der Waals surface area contributed by atoms with Crippen molar-refractivity contribution in [1.29, 1.82) is 0 Å². The van der Waals surface area contributed by atoms with Crippen molar-refractivity contribution in [3.05, 3.63) is 53.6 Å². The maximum atomic E-state index is 12.1. The lowest BCUT2D eigenvalue weighted by Gasteiger charge is -2.11. The van der Waals surface area contributed by atoms with Crippen LogP contribution in [0.15, 0.2) is 42.5 Å². The molecule has 1 N–H and O–H groups in total. The number of benzene rings is 2. The molecule has 29 heavy (non-hydrogen) atoms. The van der Waals surface area contributed by atoms with Gasteiger partial charge in [-0.15, -0.1) is 0 Å². The van der Waals surface area contributed by atoms with Gasteiger partial charge in [0.05, 0.1) is 38.5 Å². The van der Waals surface area contributed by atoms with Crippen LogP contribution in [0.2, 0.25) is 0 Å². The first-order valence-electron chi connectivity index (χ1n) is 8.91. The predicted octanol–water partition coefficient (Wildman–Crippen LogP) is 2.60. The molecule has 0 radical (unpaired) electrons. The van der Waals surface area contributed by atoms with Crippen LogP contribution in [0, 0.1) is 0 Å². The Morgan fingerprint density at radius 3 is 2.34 bits per heavy atom. The third kappa shape index (κ3) is 6.24. The van der Waals surface area contributed by atoms with Crippen LogP contribution >= 0.6 is 0 Å². The molecule has 0 unspecified atom stereocenters. The zero-order valence-corrected chi connectivity index (χ0v) is 16.5. The Morgan fingerprint density at radius 2 is 1.66 bits per heavy atom. The first-order chi connectivity index (χ1) is 14.0. The number of carbonyl (C=O) groups excluding carboxylic acids is 3. The minimum atomic E-state index is -0.578. The number of esters is 2.